The van der Waals surface area contributed by atoms with Crippen molar-refractivity contribution in [3.05, 3.63) is 101 Å². The zero-order chi connectivity index (χ0) is 26.2. The fraction of sp³-hybridized carbons (Fsp3) is 0.172. The van der Waals surface area contributed by atoms with Crippen molar-refractivity contribution in [2.75, 3.05) is 23.5 Å². The van der Waals surface area contributed by atoms with E-state index in [1.54, 1.807) is 38.3 Å². The Kier molecular flexibility index (Phi) is 8.39. The van der Waals surface area contributed by atoms with Crippen LogP contribution < -0.4 is 15.4 Å². The third-order valence-corrected chi connectivity index (χ3v) is 6.91. The number of benzene rings is 3. The first-order valence-electron chi connectivity index (χ1n) is 11.7. The minimum Gasteiger partial charge on any atom is -0.497 e. The lowest BCUT2D eigenvalue weighted by molar-refractivity contribution is -0.118. The van der Waals surface area contributed by atoms with Crippen molar-refractivity contribution >= 4 is 40.7 Å². The largest absolute Gasteiger partial charge is 0.497 e. The maximum absolute atomic E-state index is 13.5. The monoisotopic (exact) mass is 510 g/mol. The second-order valence-corrected chi connectivity index (χ2v) is 9.33. The highest BCUT2D eigenvalue weighted by Gasteiger charge is 2.39. The Hall–Kier alpha value is -4.35. The number of methoxy groups -OCH3 is 1. The molecule has 3 aromatic rings. The number of carbonyl (C=O) groups excluding carboxylic acids is 2. The van der Waals surface area contributed by atoms with E-state index in [1.807, 2.05) is 60.7 Å². The number of carbonyl (C=O) groups is 2. The van der Waals surface area contributed by atoms with Crippen molar-refractivity contribution in [1.29, 1.82) is 5.26 Å². The molecule has 0 aromatic heterocycles. The lowest BCUT2D eigenvalue weighted by Gasteiger charge is -2.31. The SMILES string of the molecule is COc1ccc([C@H]2C(C#N)=C(SCC(=O)Nc3ccccc3)N=C(C)C2C(=O)Nc2ccccc2)cc1. The summed E-state index contributed by atoms with van der Waals surface area (Å²) in [6.07, 6.45) is 0. The predicted molar refractivity (Wildman–Crippen MR) is 148 cm³/mol. The van der Waals surface area contributed by atoms with Crippen molar-refractivity contribution in [3.63, 3.8) is 0 Å². The average molecular weight is 511 g/mol. The molecule has 2 atom stereocenters. The second-order valence-electron chi connectivity index (χ2n) is 8.37. The van der Waals surface area contributed by atoms with E-state index < -0.39 is 11.8 Å². The number of hydrogen-bond donors (Lipinski definition) is 2. The molecule has 3 aromatic carbocycles. The lowest BCUT2D eigenvalue weighted by atomic mass is 9.76. The van der Waals surface area contributed by atoms with E-state index in [0.29, 0.717) is 33.4 Å². The van der Waals surface area contributed by atoms with Crippen molar-refractivity contribution in [1.82, 2.24) is 0 Å². The molecule has 0 aliphatic carbocycles. The molecule has 0 saturated heterocycles. The van der Waals surface area contributed by atoms with E-state index in [0.717, 1.165) is 5.56 Å². The van der Waals surface area contributed by atoms with Gasteiger partial charge in [-0.25, -0.2) is 4.99 Å². The molecule has 7 nitrogen and oxygen atoms in total. The van der Waals surface area contributed by atoms with Gasteiger partial charge in [0.1, 0.15) is 10.8 Å². The first-order valence-corrected chi connectivity index (χ1v) is 12.7. The Bertz CT molecular complexity index is 1360. The maximum Gasteiger partial charge on any atom is 0.234 e. The molecule has 2 N–H and O–H groups in total. The number of hydrogen-bond acceptors (Lipinski definition) is 6. The Morgan fingerprint density at radius 3 is 2.11 bits per heavy atom. The summed E-state index contributed by atoms with van der Waals surface area (Å²) < 4.78 is 5.29. The van der Waals surface area contributed by atoms with Crippen LogP contribution in [0.4, 0.5) is 11.4 Å². The third-order valence-electron chi connectivity index (χ3n) is 5.92. The minimum absolute atomic E-state index is 0.0718. The van der Waals surface area contributed by atoms with Crippen LogP contribution in [-0.4, -0.2) is 30.4 Å². The zero-order valence-corrected chi connectivity index (χ0v) is 21.3. The van der Waals surface area contributed by atoms with Gasteiger partial charge in [-0.3, -0.25) is 9.59 Å². The van der Waals surface area contributed by atoms with E-state index in [4.69, 9.17) is 4.74 Å². The number of aliphatic imine (C=N–C) groups is 1. The Morgan fingerprint density at radius 1 is 0.946 bits per heavy atom. The van der Waals surface area contributed by atoms with Gasteiger partial charge in [0.05, 0.1) is 30.4 Å². The van der Waals surface area contributed by atoms with Gasteiger partial charge >= 0.3 is 0 Å². The summed E-state index contributed by atoms with van der Waals surface area (Å²) in [6.45, 7) is 1.78. The van der Waals surface area contributed by atoms with Gasteiger partial charge in [0.15, 0.2) is 0 Å². The number of allylic oxidation sites excluding steroid dienone is 1. The van der Waals surface area contributed by atoms with Gasteiger partial charge in [0, 0.05) is 23.0 Å². The van der Waals surface area contributed by atoms with E-state index in [-0.39, 0.29) is 17.6 Å². The first-order chi connectivity index (χ1) is 18.0. The smallest absolute Gasteiger partial charge is 0.234 e. The molecule has 186 valence electrons. The van der Waals surface area contributed by atoms with Gasteiger partial charge < -0.3 is 15.4 Å². The van der Waals surface area contributed by atoms with Crippen LogP contribution in [0.2, 0.25) is 0 Å². The molecule has 37 heavy (non-hydrogen) atoms. The van der Waals surface area contributed by atoms with Crippen LogP contribution in [-0.2, 0) is 9.59 Å². The van der Waals surface area contributed by atoms with Crippen molar-refractivity contribution in [3.8, 4) is 11.8 Å². The summed E-state index contributed by atoms with van der Waals surface area (Å²) in [7, 11) is 1.58. The zero-order valence-electron chi connectivity index (χ0n) is 20.5. The lowest BCUT2D eigenvalue weighted by Crippen LogP contribution is -2.36. The van der Waals surface area contributed by atoms with Gasteiger partial charge in [-0.1, -0.05) is 60.3 Å². The van der Waals surface area contributed by atoms with Gasteiger partial charge in [0.25, 0.3) is 0 Å². The molecular formula is C29H26N4O3S. The number of rotatable bonds is 8. The van der Waals surface area contributed by atoms with Crippen LogP contribution in [0.15, 0.2) is 101 Å². The van der Waals surface area contributed by atoms with Gasteiger partial charge in [-0.15, -0.1) is 0 Å². The number of ether oxygens (including phenoxy) is 1. The summed E-state index contributed by atoms with van der Waals surface area (Å²) in [5.74, 6) is -0.999. The number of anilines is 2. The summed E-state index contributed by atoms with van der Waals surface area (Å²) in [4.78, 5) is 30.7. The molecule has 0 saturated carbocycles. The third kappa shape index (κ3) is 6.26. The van der Waals surface area contributed by atoms with Crippen molar-refractivity contribution in [2.45, 2.75) is 12.8 Å². The number of nitrogens with zero attached hydrogens (tertiary/aromatic N) is 2. The topological polar surface area (TPSA) is 104 Å². The Balaban J connectivity index is 1.64. The summed E-state index contributed by atoms with van der Waals surface area (Å²) >= 11 is 1.19. The van der Waals surface area contributed by atoms with E-state index in [1.165, 1.54) is 11.8 Å². The fourth-order valence-electron chi connectivity index (χ4n) is 4.16. The van der Waals surface area contributed by atoms with Gasteiger partial charge in [0.2, 0.25) is 11.8 Å². The number of thioether (sulfide) groups is 1. The molecule has 1 unspecified atom stereocenters. The highest BCUT2D eigenvalue weighted by atomic mass is 32.2. The predicted octanol–water partition coefficient (Wildman–Crippen LogP) is 5.62. The van der Waals surface area contributed by atoms with Crippen LogP contribution in [0, 0.1) is 17.2 Å². The normalized spacial score (nSPS) is 16.8. The maximum atomic E-state index is 13.5. The molecule has 2 amide bonds. The molecule has 0 radical (unpaired) electrons. The van der Waals surface area contributed by atoms with Crippen molar-refractivity contribution in [2.24, 2.45) is 10.9 Å². The average Bonchev–Trinajstić information content (AvgIpc) is 2.92. The molecule has 0 spiro atoms. The molecule has 0 bridgehead atoms. The summed E-state index contributed by atoms with van der Waals surface area (Å²) in [5.41, 5.74) is 3.06. The molecular weight excluding hydrogens is 484 g/mol. The highest BCUT2D eigenvalue weighted by Crippen LogP contribution is 2.42. The van der Waals surface area contributed by atoms with Crippen LogP contribution in [0.1, 0.15) is 18.4 Å². The molecule has 1 aliphatic rings. The number of nitriles is 1. The van der Waals surface area contributed by atoms with Gasteiger partial charge in [-0.05, 0) is 48.9 Å². The van der Waals surface area contributed by atoms with Crippen LogP contribution in [0.25, 0.3) is 0 Å². The summed E-state index contributed by atoms with van der Waals surface area (Å²) in [6, 6.07) is 27.9. The Morgan fingerprint density at radius 2 is 1.54 bits per heavy atom. The van der Waals surface area contributed by atoms with E-state index in [2.05, 4.69) is 21.7 Å². The number of para-hydroxylation sites is 2. The highest BCUT2D eigenvalue weighted by molar-refractivity contribution is 8.03. The van der Waals surface area contributed by atoms with Crippen LogP contribution >= 0.6 is 11.8 Å². The molecule has 4 rings (SSSR count). The van der Waals surface area contributed by atoms with Gasteiger partial charge in [-0.2, -0.15) is 5.26 Å². The molecule has 8 heteroatoms. The van der Waals surface area contributed by atoms with Crippen LogP contribution in [0.5, 0.6) is 5.75 Å². The second kappa shape index (κ2) is 12.1. The first kappa shape index (κ1) is 25.7. The minimum atomic E-state index is -0.703. The quantitative estimate of drug-likeness (QED) is 0.410. The fourth-order valence-corrected chi connectivity index (χ4v) is 5.04. The van der Waals surface area contributed by atoms with E-state index >= 15 is 0 Å². The van der Waals surface area contributed by atoms with E-state index in [9.17, 15) is 14.9 Å². The Labute approximate surface area is 220 Å². The molecule has 1 aliphatic heterocycles. The number of amides is 2. The summed E-state index contributed by atoms with van der Waals surface area (Å²) in [5, 5.41) is 16.5. The van der Waals surface area contributed by atoms with Crippen molar-refractivity contribution < 1.29 is 14.3 Å². The number of nitrogens with one attached hydrogen (secondary N) is 2. The molecule has 1 heterocycles. The standard InChI is InChI=1S/C29H26N4O3S/c1-19-26(28(35)33-22-11-7-4-8-12-22)27(20-13-15-23(36-2)16-14-20)24(17-30)29(31-19)37-18-25(34)32-21-9-5-3-6-10-21/h3-16,26-27H,18H2,1-2H3,(H,32,34)(H,33,35)/t26?,27-/m0/s1. The van der Waals surface area contributed by atoms with Crippen LogP contribution in [0.3, 0.4) is 0 Å². The molecule has 0 fully saturated rings.